The SMILES string of the molecule is CNC1CCC(C(C)C)CC1CCOCCCOC. The summed E-state index contributed by atoms with van der Waals surface area (Å²) in [5.41, 5.74) is 0. The van der Waals surface area contributed by atoms with Crippen molar-refractivity contribution >= 4 is 0 Å². The summed E-state index contributed by atoms with van der Waals surface area (Å²) in [5.74, 6) is 2.51. The zero-order valence-electron chi connectivity index (χ0n) is 13.3. The molecule has 1 N–H and O–H groups in total. The zero-order chi connectivity index (χ0) is 14.1. The normalized spacial score (nSPS) is 27.9. The molecule has 0 aliphatic heterocycles. The molecule has 3 heteroatoms. The molecule has 0 aromatic carbocycles. The summed E-state index contributed by atoms with van der Waals surface area (Å²) in [6.45, 7) is 7.26. The molecule has 0 spiro atoms. The van der Waals surface area contributed by atoms with Gasteiger partial charge < -0.3 is 14.8 Å². The van der Waals surface area contributed by atoms with Crippen LogP contribution in [0.1, 0.15) is 46.0 Å². The second-order valence-electron chi connectivity index (χ2n) is 6.22. The third-order valence-electron chi connectivity index (χ3n) is 4.61. The van der Waals surface area contributed by atoms with Gasteiger partial charge in [0.1, 0.15) is 0 Å². The number of hydrogen-bond donors (Lipinski definition) is 1. The minimum Gasteiger partial charge on any atom is -0.385 e. The number of nitrogens with one attached hydrogen (secondary N) is 1. The molecule has 3 unspecified atom stereocenters. The first-order chi connectivity index (χ1) is 9.19. The van der Waals surface area contributed by atoms with Crippen molar-refractivity contribution in [1.82, 2.24) is 5.32 Å². The highest BCUT2D eigenvalue weighted by Gasteiger charge is 2.30. The van der Waals surface area contributed by atoms with Crippen LogP contribution in [0.25, 0.3) is 0 Å². The second-order valence-corrected chi connectivity index (χ2v) is 6.22. The lowest BCUT2D eigenvalue weighted by Crippen LogP contribution is -2.40. The van der Waals surface area contributed by atoms with Gasteiger partial charge in [-0.25, -0.2) is 0 Å². The highest BCUT2D eigenvalue weighted by molar-refractivity contribution is 4.85. The van der Waals surface area contributed by atoms with Crippen LogP contribution in [0.2, 0.25) is 0 Å². The Balaban J connectivity index is 2.23. The van der Waals surface area contributed by atoms with E-state index in [0.717, 1.165) is 44.0 Å². The lowest BCUT2D eigenvalue weighted by Gasteiger charge is -2.38. The van der Waals surface area contributed by atoms with Crippen molar-refractivity contribution in [3.8, 4) is 0 Å². The van der Waals surface area contributed by atoms with E-state index in [1.54, 1.807) is 7.11 Å². The number of methoxy groups -OCH3 is 1. The number of ether oxygens (including phenoxy) is 2. The van der Waals surface area contributed by atoms with Crippen LogP contribution in [0, 0.1) is 17.8 Å². The van der Waals surface area contributed by atoms with Crippen LogP contribution < -0.4 is 5.32 Å². The van der Waals surface area contributed by atoms with E-state index in [9.17, 15) is 0 Å². The smallest absolute Gasteiger partial charge is 0.0487 e. The average molecular weight is 271 g/mol. The van der Waals surface area contributed by atoms with Gasteiger partial charge in [-0.15, -0.1) is 0 Å². The molecule has 0 aromatic heterocycles. The highest BCUT2D eigenvalue weighted by atomic mass is 16.5. The molecule has 0 radical (unpaired) electrons. The molecule has 1 aliphatic rings. The molecular formula is C16H33NO2. The van der Waals surface area contributed by atoms with Crippen LogP contribution in [0.4, 0.5) is 0 Å². The second kappa shape index (κ2) is 9.73. The van der Waals surface area contributed by atoms with E-state index >= 15 is 0 Å². The van der Waals surface area contributed by atoms with E-state index in [1.165, 1.54) is 25.7 Å². The minimum atomic E-state index is 0.692. The maximum absolute atomic E-state index is 5.72. The molecule has 0 heterocycles. The van der Waals surface area contributed by atoms with Gasteiger partial charge in [-0.05, 0) is 56.9 Å². The van der Waals surface area contributed by atoms with Crippen molar-refractivity contribution in [1.29, 1.82) is 0 Å². The Morgan fingerprint density at radius 2 is 1.95 bits per heavy atom. The molecule has 1 fully saturated rings. The quantitative estimate of drug-likeness (QED) is 0.654. The third kappa shape index (κ3) is 6.24. The molecule has 1 aliphatic carbocycles. The standard InChI is InChI=1S/C16H33NO2/c1-13(2)14-6-7-16(17-3)15(12-14)8-11-19-10-5-9-18-4/h13-17H,5-12H2,1-4H3. The number of rotatable bonds is 9. The summed E-state index contributed by atoms with van der Waals surface area (Å²) in [7, 11) is 3.85. The van der Waals surface area contributed by atoms with Crippen LogP contribution in [-0.4, -0.2) is 40.0 Å². The predicted molar refractivity (Wildman–Crippen MR) is 80.4 cm³/mol. The summed E-state index contributed by atoms with van der Waals surface area (Å²) in [6.07, 6.45) is 6.28. The molecule has 3 nitrogen and oxygen atoms in total. The number of hydrogen-bond acceptors (Lipinski definition) is 3. The predicted octanol–water partition coefficient (Wildman–Crippen LogP) is 3.09. The van der Waals surface area contributed by atoms with Crippen LogP contribution in [-0.2, 0) is 9.47 Å². The highest BCUT2D eigenvalue weighted by Crippen LogP contribution is 2.35. The third-order valence-corrected chi connectivity index (χ3v) is 4.61. The summed E-state index contributed by atoms with van der Waals surface area (Å²) in [4.78, 5) is 0. The van der Waals surface area contributed by atoms with Crippen LogP contribution >= 0.6 is 0 Å². The fourth-order valence-electron chi connectivity index (χ4n) is 3.25. The first-order valence-corrected chi connectivity index (χ1v) is 7.93. The lowest BCUT2D eigenvalue weighted by atomic mass is 9.72. The molecule has 114 valence electrons. The Hall–Kier alpha value is -0.120. The van der Waals surface area contributed by atoms with E-state index in [0.29, 0.717) is 6.04 Å². The first-order valence-electron chi connectivity index (χ1n) is 7.93. The Morgan fingerprint density at radius 3 is 2.58 bits per heavy atom. The van der Waals surface area contributed by atoms with Gasteiger partial charge in [0.25, 0.3) is 0 Å². The molecule has 0 bridgehead atoms. The Kier molecular flexibility index (Phi) is 8.67. The van der Waals surface area contributed by atoms with Gasteiger partial charge in [0, 0.05) is 33.0 Å². The molecule has 19 heavy (non-hydrogen) atoms. The van der Waals surface area contributed by atoms with E-state index < -0.39 is 0 Å². The fraction of sp³-hybridized carbons (Fsp3) is 1.00. The van der Waals surface area contributed by atoms with Crippen molar-refractivity contribution in [2.75, 3.05) is 34.0 Å². The van der Waals surface area contributed by atoms with E-state index in [1.807, 2.05) is 0 Å². The van der Waals surface area contributed by atoms with E-state index in [2.05, 4.69) is 26.2 Å². The van der Waals surface area contributed by atoms with Gasteiger partial charge in [-0.1, -0.05) is 13.8 Å². The Bertz CT molecular complexity index is 221. The topological polar surface area (TPSA) is 30.5 Å². The molecular weight excluding hydrogens is 238 g/mol. The van der Waals surface area contributed by atoms with Crippen molar-refractivity contribution in [3.63, 3.8) is 0 Å². The van der Waals surface area contributed by atoms with E-state index in [4.69, 9.17) is 9.47 Å². The molecule has 1 rings (SSSR count). The van der Waals surface area contributed by atoms with Gasteiger partial charge in [-0.2, -0.15) is 0 Å². The van der Waals surface area contributed by atoms with Crippen molar-refractivity contribution in [2.24, 2.45) is 17.8 Å². The fourth-order valence-corrected chi connectivity index (χ4v) is 3.25. The van der Waals surface area contributed by atoms with Gasteiger partial charge in [-0.3, -0.25) is 0 Å². The largest absolute Gasteiger partial charge is 0.385 e. The maximum Gasteiger partial charge on any atom is 0.0487 e. The molecule has 0 amide bonds. The lowest BCUT2D eigenvalue weighted by molar-refractivity contribution is 0.0761. The van der Waals surface area contributed by atoms with Gasteiger partial charge in [0.2, 0.25) is 0 Å². The van der Waals surface area contributed by atoms with Gasteiger partial charge >= 0.3 is 0 Å². The van der Waals surface area contributed by atoms with Crippen LogP contribution in [0.5, 0.6) is 0 Å². The summed E-state index contributed by atoms with van der Waals surface area (Å²) in [6, 6.07) is 0.692. The van der Waals surface area contributed by atoms with Crippen molar-refractivity contribution in [2.45, 2.75) is 52.0 Å². The summed E-state index contributed by atoms with van der Waals surface area (Å²) >= 11 is 0. The molecule has 0 aromatic rings. The minimum absolute atomic E-state index is 0.692. The molecule has 0 saturated heterocycles. The van der Waals surface area contributed by atoms with Crippen molar-refractivity contribution in [3.05, 3.63) is 0 Å². The average Bonchev–Trinajstić information content (AvgIpc) is 2.42. The molecule has 1 saturated carbocycles. The maximum atomic E-state index is 5.72. The summed E-state index contributed by atoms with van der Waals surface area (Å²) in [5, 5.41) is 3.50. The summed E-state index contributed by atoms with van der Waals surface area (Å²) < 4.78 is 10.7. The monoisotopic (exact) mass is 271 g/mol. The van der Waals surface area contributed by atoms with Crippen LogP contribution in [0.15, 0.2) is 0 Å². The molecule has 3 atom stereocenters. The Labute approximate surface area is 119 Å². The van der Waals surface area contributed by atoms with Crippen LogP contribution in [0.3, 0.4) is 0 Å². The zero-order valence-corrected chi connectivity index (χ0v) is 13.3. The Morgan fingerprint density at radius 1 is 1.16 bits per heavy atom. The van der Waals surface area contributed by atoms with Crippen molar-refractivity contribution < 1.29 is 9.47 Å². The van der Waals surface area contributed by atoms with Gasteiger partial charge in [0.15, 0.2) is 0 Å². The first kappa shape index (κ1) is 16.9. The van der Waals surface area contributed by atoms with E-state index in [-0.39, 0.29) is 0 Å². The van der Waals surface area contributed by atoms with Gasteiger partial charge in [0.05, 0.1) is 0 Å².